The molecule has 0 aromatic carbocycles. The molecule has 0 saturated heterocycles. The second kappa shape index (κ2) is 9.46. The smallest absolute Gasteiger partial charge is 0.306 e. The summed E-state index contributed by atoms with van der Waals surface area (Å²) in [5.74, 6) is -1.22. The summed E-state index contributed by atoms with van der Waals surface area (Å²) in [5, 5.41) is 30.9. The molecule has 0 spiro atoms. The highest BCUT2D eigenvalue weighted by Crippen LogP contribution is 1.95. The average Bonchev–Trinajstić information content (AvgIpc) is 2.03. The molecule has 1 atom stereocenters. The molecule has 0 aromatic heterocycles. The summed E-state index contributed by atoms with van der Waals surface area (Å²) in [6.07, 6.45) is -2.06. The number of carboxylic acid groups (broad SMARTS) is 1. The molecule has 0 fully saturated rings. The minimum absolute atomic E-state index is 0.125. The van der Waals surface area contributed by atoms with E-state index in [0.29, 0.717) is 0 Å². The zero-order valence-electron chi connectivity index (χ0n) is 6.75. The van der Waals surface area contributed by atoms with Gasteiger partial charge < -0.3 is 20.4 Å². The molecule has 13 heavy (non-hydrogen) atoms. The Morgan fingerprint density at radius 3 is 1.69 bits per heavy atom. The molecule has 0 radical (unpaired) electrons. The third kappa shape index (κ3) is 14.2. The Morgan fingerprint density at radius 1 is 1.23 bits per heavy atom. The van der Waals surface area contributed by atoms with E-state index in [9.17, 15) is 9.59 Å². The Labute approximate surface area is 80.2 Å². The molecule has 0 aliphatic carbocycles. The van der Waals surface area contributed by atoms with Crippen LogP contribution in [0.5, 0.6) is 0 Å². The molecule has 0 aliphatic heterocycles. The maximum Gasteiger partial charge on any atom is 0.306 e. The predicted molar refractivity (Wildman–Crippen MR) is 46.4 cm³/mol. The number of carbonyl (C=O) groups excluding carboxylic acids is 1. The number of carboxylic acids is 1. The fourth-order valence-electron chi connectivity index (χ4n) is 0.253. The van der Waals surface area contributed by atoms with E-state index in [2.05, 4.69) is 12.6 Å². The molecule has 0 amide bonds. The van der Waals surface area contributed by atoms with Crippen molar-refractivity contribution in [3.63, 3.8) is 0 Å². The predicted octanol–water partition coefficient (Wildman–Crippen LogP) is -1.75. The van der Waals surface area contributed by atoms with Gasteiger partial charge in [-0.25, -0.2) is 0 Å². The molecule has 78 valence electrons. The fourth-order valence-corrected chi connectivity index (χ4v) is 0.344. The highest BCUT2D eigenvalue weighted by molar-refractivity contribution is 7.96. The van der Waals surface area contributed by atoms with Crippen LogP contribution >= 0.6 is 12.6 Å². The van der Waals surface area contributed by atoms with Gasteiger partial charge in [-0.1, -0.05) is 0 Å². The van der Waals surface area contributed by atoms with Crippen LogP contribution in [0, 0.1) is 0 Å². The molecular weight excluding hydrogens is 200 g/mol. The zero-order valence-corrected chi connectivity index (χ0v) is 7.65. The number of carbonyl (C=O) groups is 2. The van der Waals surface area contributed by atoms with Gasteiger partial charge >= 0.3 is 5.97 Å². The summed E-state index contributed by atoms with van der Waals surface area (Å²) in [7, 11) is 0. The van der Waals surface area contributed by atoms with E-state index in [-0.39, 0.29) is 13.2 Å². The number of hydrogen-bond donors (Lipinski definition) is 5. The lowest BCUT2D eigenvalue weighted by molar-refractivity contribution is -0.141. The summed E-state index contributed by atoms with van der Waals surface area (Å²) >= 11 is 3.22. The van der Waals surface area contributed by atoms with Crippen LogP contribution in [0.4, 0.5) is 0 Å². The first kappa shape index (κ1) is 14.9. The molecule has 0 rings (SSSR count). The molecule has 1 unspecified atom stereocenters. The third-order valence-corrected chi connectivity index (χ3v) is 1.05. The van der Waals surface area contributed by atoms with Crippen LogP contribution in [0.15, 0.2) is 0 Å². The van der Waals surface area contributed by atoms with Crippen LogP contribution < -0.4 is 0 Å². The molecule has 0 aromatic rings. The fraction of sp³-hybridized carbons (Fsp3) is 0.667. The minimum Gasteiger partial charge on any atom is -0.481 e. The van der Waals surface area contributed by atoms with Crippen molar-refractivity contribution in [2.75, 3.05) is 13.2 Å². The van der Waals surface area contributed by atoms with Gasteiger partial charge in [0, 0.05) is 0 Å². The van der Waals surface area contributed by atoms with Crippen molar-refractivity contribution in [2.45, 2.75) is 12.5 Å². The first-order valence-corrected chi connectivity index (χ1v) is 3.74. The van der Waals surface area contributed by atoms with Crippen LogP contribution in [0.3, 0.4) is 0 Å². The average molecular weight is 212 g/mol. The van der Waals surface area contributed by atoms with E-state index in [4.69, 9.17) is 20.4 Å². The van der Waals surface area contributed by atoms with Crippen LogP contribution in [-0.4, -0.2) is 50.8 Å². The van der Waals surface area contributed by atoms with E-state index in [1.165, 1.54) is 0 Å². The summed E-state index contributed by atoms with van der Waals surface area (Å²) in [6.45, 7) is -0.250. The van der Waals surface area contributed by atoms with Gasteiger partial charge in [0.1, 0.15) is 6.10 Å². The van der Waals surface area contributed by atoms with Gasteiger partial charge in [-0.3, -0.25) is 9.59 Å². The van der Waals surface area contributed by atoms with Gasteiger partial charge in [0.25, 0.3) is 0 Å². The number of hydrogen-bond acceptors (Lipinski definition) is 5. The number of aliphatic hydroxyl groups excluding tert-OH is 3. The topological polar surface area (TPSA) is 115 Å². The van der Waals surface area contributed by atoms with E-state index >= 15 is 0 Å². The highest BCUT2D eigenvalue weighted by atomic mass is 32.1. The lowest BCUT2D eigenvalue weighted by atomic mass is 10.3. The minimum atomic E-state index is -1.48. The van der Waals surface area contributed by atoms with Gasteiger partial charge in [-0.2, -0.15) is 0 Å². The van der Waals surface area contributed by atoms with Crippen LogP contribution in [0.2, 0.25) is 0 Å². The van der Waals surface area contributed by atoms with E-state index in [1.807, 2.05) is 0 Å². The Balaban J connectivity index is 0. The molecular formula is C6H12O6S. The zero-order chi connectivity index (χ0) is 10.9. The Morgan fingerprint density at radius 2 is 1.62 bits per heavy atom. The molecule has 0 heterocycles. The van der Waals surface area contributed by atoms with Crippen molar-refractivity contribution in [1.29, 1.82) is 0 Å². The van der Waals surface area contributed by atoms with Gasteiger partial charge in [0.05, 0.1) is 19.6 Å². The molecule has 4 N–H and O–H groups in total. The number of rotatable bonds is 4. The van der Waals surface area contributed by atoms with Crippen LogP contribution in [0.25, 0.3) is 0 Å². The Kier molecular flexibility index (Phi) is 10.8. The lowest BCUT2D eigenvalue weighted by Crippen LogP contribution is -2.19. The number of aliphatic carboxylic acids is 1. The van der Waals surface area contributed by atoms with E-state index in [1.54, 1.807) is 0 Å². The molecule has 0 bridgehead atoms. The SMILES string of the molecule is O=C(O)CC(O)C(=O)S.OCCO. The van der Waals surface area contributed by atoms with Crippen molar-refractivity contribution >= 4 is 23.7 Å². The molecule has 0 aliphatic rings. The van der Waals surface area contributed by atoms with Crippen molar-refractivity contribution in [3.05, 3.63) is 0 Å². The van der Waals surface area contributed by atoms with Gasteiger partial charge in [-0.05, 0) is 0 Å². The Hall–Kier alpha value is -0.630. The van der Waals surface area contributed by atoms with Gasteiger partial charge in [0.2, 0.25) is 5.12 Å². The molecule has 7 heteroatoms. The lowest BCUT2D eigenvalue weighted by Gasteiger charge is -1.98. The van der Waals surface area contributed by atoms with Crippen LogP contribution in [0.1, 0.15) is 6.42 Å². The van der Waals surface area contributed by atoms with Crippen molar-refractivity contribution in [2.24, 2.45) is 0 Å². The molecule has 0 saturated carbocycles. The normalized spacial score (nSPS) is 11.1. The van der Waals surface area contributed by atoms with E-state index < -0.39 is 23.6 Å². The molecule has 6 nitrogen and oxygen atoms in total. The van der Waals surface area contributed by atoms with Crippen LogP contribution in [-0.2, 0) is 9.59 Å². The summed E-state index contributed by atoms with van der Waals surface area (Å²) < 4.78 is 0. The first-order chi connectivity index (χ1) is 5.95. The monoisotopic (exact) mass is 212 g/mol. The van der Waals surface area contributed by atoms with Crippen molar-refractivity contribution in [3.8, 4) is 0 Å². The number of thiol groups is 1. The maximum atomic E-state index is 10.0. The second-order valence-electron chi connectivity index (χ2n) is 1.90. The van der Waals surface area contributed by atoms with E-state index in [0.717, 1.165) is 0 Å². The first-order valence-electron chi connectivity index (χ1n) is 3.30. The Bertz CT molecular complexity index is 157. The highest BCUT2D eigenvalue weighted by Gasteiger charge is 2.13. The summed E-state index contributed by atoms with van der Waals surface area (Å²) in [5.41, 5.74) is 0. The quantitative estimate of drug-likeness (QED) is 0.353. The van der Waals surface area contributed by atoms with Crippen molar-refractivity contribution in [1.82, 2.24) is 0 Å². The summed E-state index contributed by atoms with van der Waals surface area (Å²) in [6, 6.07) is 0. The van der Waals surface area contributed by atoms with Gasteiger partial charge in [0.15, 0.2) is 0 Å². The third-order valence-electron chi connectivity index (χ3n) is 0.753. The summed E-state index contributed by atoms with van der Waals surface area (Å²) in [4.78, 5) is 19.8. The largest absolute Gasteiger partial charge is 0.481 e. The maximum absolute atomic E-state index is 10.0. The standard InChI is InChI=1S/C4H6O4S.C2H6O2/c5-2(4(8)9)1-3(6)7;3-1-2-4/h2,5H,1H2,(H,6,7)(H,8,9);3-4H,1-2H2. The van der Waals surface area contributed by atoms with Crippen molar-refractivity contribution < 1.29 is 30.0 Å². The van der Waals surface area contributed by atoms with Gasteiger partial charge in [-0.15, -0.1) is 12.6 Å². The number of aliphatic hydroxyl groups is 3. The second-order valence-corrected chi connectivity index (χ2v) is 2.34.